The summed E-state index contributed by atoms with van der Waals surface area (Å²) in [7, 11) is 0. The summed E-state index contributed by atoms with van der Waals surface area (Å²) in [6.07, 6.45) is 2.05. The van der Waals surface area contributed by atoms with Crippen LogP contribution in [0.15, 0.2) is 47.4 Å². The number of nitrogens with one attached hydrogen (secondary N) is 1. The van der Waals surface area contributed by atoms with Crippen LogP contribution in [-0.4, -0.2) is 11.4 Å². The second kappa shape index (κ2) is 6.77. The highest BCUT2D eigenvalue weighted by atomic mass is 32.2. The van der Waals surface area contributed by atoms with Gasteiger partial charge in [0.25, 0.3) is 0 Å². The first-order chi connectivity index (χ1) is 9.61. The van der Waals surface area contributed by atoms with E-state index in [2.05, 4.69) is 29.6 Å². The summed E-state index contributed by atoms with van der Waals surface area (Å²) in [5.41, 5.74) is 1.73. The Morgan fingerprint density at radius 1 is 1.20 bits per heavy atom. The van der Waals surface area contributed by atoms with E-state index in [1.165, 1.54) is 16.5 Å². The minimum atomic E-state index is -0.582. The first-order valence-corrected chi connectivity index (χ1v) is 7.68. The van der Waals surface area contributed by atoms with E-state index in [1.807, 2.05) is 13.2 Å². The highest BCUT2D eigenvalue weighted by molar-refractivity contribution is 7.98. The molecule has 2 rings (SSSR count). The van der Waals surface area contributed by atoms with Gasteiger partial charge in [-0.2, -0.15) is 0 Å². The first kappa shape index (κ1) is 14.9. The molecule has 0 aromatic heterocycles. The molecule has 0 bridgehead atoms. The molecule has 0 fully saturated rings. The zero-order valence-corrected chi connectivity index (χ0v) is 12.4. The van der Waals surface area contributed by atoms with Crippen LogP contribution in [0.2, 0.25) is 0 Å². The molecule has 0 saturated carbocycles. The molecule has 4 heteroatoms. The number of halogens is 1. The topological polar surface area (TPSA) is 32.3 Å². The van der Waals surface area contributed by atoms with Crippen LogP contribution in [-0.2, 0) is 6.54 Å². The van der Waals surface area contributed by atoms with Crippen LogP contribution in [0.25, 0.3) is 0 Å². The van der Waals surface area contributed by atoms with E-state index in [0.29, 0.717) is 12.1 Å². The van der Waals surface area contributed by atoms with Gasteiger partial charge in [0.1, 0.15) is 0 Å². The van der Waals surface area contributed by atoms with E-state index in [0.717, 1.165) is 0 Å². The van der Waals surface area contributed by atoms with Gasteiger partial charge in [-0.25, -0.2) is 4.39 Å². The number of para-hydroxylation sites is 1. The number of thioether (sulfide) groups is 1. The highest BCUT2D eigenvalue weighted by Gasteiger charge is 2.09. The highest BCUT2D eigenvalue weighted by Crippen LogP contribution is 2.22. The lowest BCUT2D eigenvalue weighted by Crippen LogP contribution is -2.18. The monoisotopic (exact) mass is 291 g/mol. The fourth-order valence-electron chi connectivity index (χ4n) is 1.98. The molecule has 0 saturated heterocycles. The number of rotatable bonds is 5. The summed E-state index contributed by atoms with van der Waals surface area (Å²) in [4.78, 5) is 1.23. The third-order valence-electron chi connectivity index (χ3n) is 3.28. The number of hydrogen-bond acceptors (Lipinski definition) is 3. The summed E-state index contributed by atoms with van der Waals surface area (Å²) in [5.74, 6) is -0.855. The summed E-state index contributed by atoms with van der Waals surface area (Å²) >= 11 is 1.71. The summed E-state index contributed by atoms with van der Waals surface area (Å²) < 4.78 is 13.2. The molecule has 106 valence electrons. The van der Waals surface area contributed by atoms with Gasteiger partial charge in [0, 0.05) is 23.0 Å². The maximum atomic E-state index is 13.2. The number of hydrogen-bond donors (Lipinski definition) is 2. The normalized spacial score (nSPS) is 12.3. The van der Waals surface area contributed by atoms with Crippen molar-refractivity contribution < 1.29 is 9.50 Å². The third-order valence-corrected chi connectivity index (χ3v) is 4.03. The zero-order chi connectivity index (χ0) is 14.5. The summed E-state index contributed by atoms with van der Waals surface area (Å²) in [6, 6.07) is 13.0. The first-order valence-electron chi connectivity index (χ1n) is 6.45. The van der Waals surface area contributed by atoms with Crippen LogP contribution in [0.3, 0.4) is 0 Å². The quantitative estimate of drug-likeness (QED) is 0.813. The van der Waals surface area contributed by atoms with Crippen molar-refractivity contribution in [3.05, 3.63) is 59.4 Å². The molecule has 1 atom stereocenters. The van der Waals surface area contributed by atoms with Gasteiger partial charge in [-0.3, -0.25) is 0 Å². The van der Waals surface area contributed by atoms with E-state index in [-0.39, 0.29) is 11.8 Å². The predicted molar refractivity (Wildman–Crippen MR) is 81.5 cm³/mol. The van der Waals surface area contributed by atoms with Crippen LogP contribution in [0.1, 0.15) is 24.1 Å². The Hall–Kier alpha value is -1.52. The number of benzene rings is 2. The Bertz CT molecular complexity index is 571. The van der Waals surface area contributed by atoms with Crippen molar-refractivity contribution in [3.63, 3.8) is 0 Å². The van der Waals surface area contributed by atoms with E-state index >= 15 is 0 Å². The predicted octanol–water partition coefficient (Wildman–Crippen LogP) is 4.10. The third kappa shape index (κ3) is 3.52. The van der Waals surface area contributed by atoms with E-state index in [4.69, 9.17) is 0 Å². The Kier molecular flexibility index (Phi) is 5.04. The molecule has 0 aliphatic rings. The van der Waals surface area contributed by atoms with Crippen molar-refractivity contribution in [2.24, 2.45) is 0 Å². The standard InChI is InChI=1S/C16H18FNOS/c1-11(12-6-8-14(20-2)9-7-12)18-10-13-4-3-5-15(17)16(13)19/h3-9,11,18-19H,10H2,1-2H3. The number of phenols is 1. The van der Waals surface area contributed by atoms with Gasteiger partial charge < -0.3 is 10.4 Å². The SMILES string of the molecule is CSc1ccc(C(C)NCc2cccc(F)c2O)cc1. The van der Waals surface area contributed by atoms with Gasteiger partial charge in [0.15, 0.2) is 11.6 Å². The maximum Gasteiger partial charge on any atom is 0.165 e. The van der Waals surface area contributed by atoms with Crippen LogP contribution in [0.4, 0.5) is 4.39 Å². The average molecular weight is 291 g/mol. The summed E-state index contributed by atoms with van der Waals surface area (Å²) in [5, 5.41) is 12.9. The van der Waals surface area contributed by atoms with E-state index < -0.39 is 5.82 Å². The average Bonchev–Trinajstić information content (AvgIpc) is 2.48. The fraction of sp³-hybridized carbons (Fsp3) is 0.250. The molecule has 2 N–H and O–H groups in total. The number of aromatic hydroxyl groups is 1. The largest absolute Gasteiger partial charge is 0.505 e. The van der Waals surface area contributed by atoms with Gasteiger partial charge in [-0.05, 0) is 36.9 Å². The van der Waals surface area contributed by atoms with Crippen molar-refractivity contribution in [3.8, 4) is 5.75 Å². The lowest BCUT2D eigenvalue weighted by atomic mass is 10.1. The smallest absolute Gasteiger partial charge is 0.165 e. The molecule has 0 aliphatic carbocycles. The van der Waals surface area contributed by atoms with Gasteiger partial charge in [-0.1, -0.05) is 24.3 Å². The summed E-state index contributed by atoms with van der Waals surface area (Å²) in [6.45, 7) is 2.47. The van der Waals surface area contributed by atoms with Crippen LogP contribution in [0.5, 0.6) is 5.75 Å². The van der Waals surface area contributed by atoms with Crippen molar-refractivity contribution >= 4 is 11.8 Å². The Morgan fingerprint density at radius 2 is 1.90 bits per heavy atom. The molecule has 0 spiro atoms. The molecule has 2 aromatic carbocycles. The molecule has 2 aromatic rings. The van der Waals surface area contributed by atoms with Gasteiger partial charge in [0.2, 0.25) is 0 Å². The molecule has 0 heterocycles. The molecule has 1 unspecified atom stereocenters. The zero-order valence-electron chi connectivity index (χ0n) is 11.6. The van der Waals surface area contributed by atoms with Gasteiger partial charge in [0.05, 0.1) is 0 Å². The Balaban J connectivity index is 2.00. The van der Waals surface area contributed by atoms with Gasteiger partial charge >= 0.3 is 0 Å². The van der Waals surface area contributed by atoms with Crippen LogP contribution < -0.4 is 5.32 Å². The Labute approximate surface area is 123 Å². The fourth-order valence-corrected chi connectivity index (χ4v) is 2.38. The van der Waals surface area contributed by atoms with Gasteiger partial charge in [-0.15, -0.1) is 11.8 Å². The number of phenolic OH excluding ortho intramolecular Hbond substituents is 1. The molecule has 0 aliphatic heterocycles. The Morgan fingerprint density at radius 3 is 2.55 bits per heavy atom. The molecule has 20 heavy (non-hydrogen) atoms. The van der Waals surface area contributed by atoms with Crippen LogP contribution >= 0.6 is 11.8 Å². The molecular formula is C16H18FNOS. The van der Waals surface area contributed by atoms with E-state index in [1.54, 1.807) is 23.9 Å². The molecule has 0 amide bonds. The molecular weight excluding hydrogens is 273 g/mol. The molecule has 2 nitrogen and oxygen atoms in total. The lowest BCUT2D eigenvalue weighted by molar-refractivity contribution is 0.421. The van der Waals surface area contributed by atoms with Crippen molar-refractivity contribution in [1.82, 2.24) is 5.32 Å². The second-order valence-corrected chi connectivity index (χ2v) is 5.50. The van der Waals surface area contributed by atoms with Crippen molar-refractivity contribution in [2.75, 3.05) is 6.26 Å². The van der Waals surface area contributed by atoms with Crippen molar-refractivity contribution in [1.29, 1.82) is 0 Å². The van der Waals surface area contributed by atoms with E-state index in [9.17, 15) is 9.50 Å². The second-order valence-electron chi connectivity index (χ2n) is 4.62. The minimum Gasteiger partial charge on any atom is -0.505 e. The molecule has 0 radical (unpaired) electrons. The van der Waals surface area contributed by atoms with Crippen molar-refractivity contribution in [2.45, 2.75) is 24.4 Å². The van der Waals surface area contributed by atoms with Crippen LogP contribution in [0, 0.1) is 5.82 Å². The minimum absolute atomic E-state index is 0.133. The maximum absolute atomic E-state index is 13.2. The lowest BCUT2D eigenvalue weighted by Gasteiger charge is -2.15.